The molecular weight excluding hydrogens is 554 g/mol. The Morgan fingerprint density at radius 2 is 1.68 bits per heavy atom. The van der Waals surface area contributed by atoms with E-state index < -0.39 is 11.5 Å². The number of rotatable bonds is 11. The minimum atomic E-state index is -0.744. The lowest BCUT2D eigenvalue weighted by Gasteiger charge is -2.31. The largest absolute Gasteiger partial charge is 0.395 e. The zero-order valence-electron chi connectivity index (χ0n) is 20.6. The molecule has 5 nitrogen and oxygen atoms in total. The molecule has 37 heavy (non-hydrogen) atoms. The molecule has 200 valence electrons. The van der Waals surface area contributed by atoms with Crippen molar-refractivity contribution < 1.29 is 14.7 Å². The second-order valence-electron chi connectivity index (χ2n) is 10.2. The summed E-state index contributed by atoms with van der Waals surface area (Å²) < 4.78 is 0. The molecule has 1 saturated heterocycles. The molecular formula is C28H32Cl4N2O3. The van der Waals surface area contributed by atoms with Gasteiger partial charge in [-0.15, -0.1) is 0 Å². The summed E-state index contributed by atoms with van der Waals surface area (Å²) in [6.07, 6.45) is 4.82. The fraction of sp³-hybridized carbons (Fsp3) is 0.500. The quantitative estimate of drug-likeness (QED) is 0.334. The number of carbonyl (C=O) groups is 2. The molecule has 1 heterocycles. The molecule has 9 heteroatoms. The first-order valence-electron chi connectivity index (χ1n) is 12.8. The molecule has 2 fully saturated rings. The third kappa shape index (κ3) is 7.40. The second kappa shape index (κ2) is 12.7. The number of hydrogen-bond donors (Lipinski definition) is 2. The predicted octanol–water partition coefficient (Wildman–Crippen LogP) is 6.11. The van der Waals surface area contributed by atoms with Gasteiger partial charge in [-0.3, -0.25) is 9.59 Å². The molecule has 1 aliphatic carbocycles. The van der Waals surface area contributed by atoms with Gasteiger partial charge in [-0.1, -0.05) is 52.5 Å². The van der Waals surface area contributed by atoms with Gasteiger partial charge in [-0.05, 0) is 99.0 Å². The van der Waals surface area contributed by atoms with Gasteiger partial charge in [0.05, 0.1) is 18.1 Å². The zero-order valence-corrected chi connectivity index (χ0v) is 23.6. The number of nitrogens with zero attached hydrogens (tertiary/aromatic N) is 1. The van der Waals surface area contributed by atoms with Gasteiger partial charge in [0.15, 0.2) is 5.78 Å². The molecule has 2 aliphatic rings. The van der Waals surface area contributed by atoms with Crippen molar-refractivity contribution in [1.29, 1.82) is 0 Å². The van der Waals surface area contributed by atoms with Crippen molar-refractivity contribution in [1.82, 2.24) is 10.2 Å². The molecule has 0 unspecified atom stereocenters. The molecule has 0 spiro atoms. The summed E-state index contributed by atoms with van der Waals surface area (Å²) >= 11 is 24.9. The first-order chi connectivity index (χ1) is 17.7. The van der Waals surface area contributed by atoms with Crippen molar-refractivity contribution in [2.24, 2.45) is 5.92 Å². The minimum Gasteiger partial charge on any atom is -0.395 e. The van der Waals surface area contributed by atoms with Gasteiger partial charge < -0.3 is 15.3 Å². The van der Waals surface area contributed by atoms with E-state index in [1.54, 1.807) is 36.4 Å². The fourth-order valence-electron chi connectivity index (χ4n) is 5.29. The van der Waals surface area contributed by atoms with E-state index in [1.807, 2.05) is 0 Å². The second-order valence-corrected chi connectivity index (χ2v) is 11.9. The van der Waals surface area contributed by atoms with E-state index in [0.717, 1.165) is 43.5 Å². The molecule has 2 aromatic rings. The van der Waals surface area contributed by atoms with Crippen LogP contribution in [0.3, 0.4) is 0 Å². The highest BCUT2D eigenvalue weighted by molar-refractivity contribution is 6.35. The number of aliphatic hydroxyl groups is 1. The van der Waals surface area contributed by atoms with Crippen molar-refractivity contribution in [2.45, 2.75) is 56.4 Å². The van der Waals surface area contributed by atoms with E-state index in [4.69, 9.17) is 51.5 Å². The number of carbonyl (C=O) groups excluding carboxylic acids is 2. The third-order valence-electron chi connectivity index (χ3n) is 7.61. The summed E-state index contributed by atoms with van der Waals surface area (Å²) in [6.45, 7) is 2.73. The lowest BCUT2D eigenvalue weighted by Crippen LogP contribution is -2.47. The smallest absolute Gasteiger partial charge is 0.231 e. The summed E-state index contributed by atoms with van der Waals surface area (Å²) in [7, 11) is 0. The van der Waals surface area contributed by atoms with Gasteiger partial charge in [-0.25, -0.2) is 0 Å². The van der Waals surface area contributed by atoms with Crippen LogP contribution in [0.5, 0.6) is 0 Å². The van der Waals surface area contributed by atoms with E-state index in [2.05, 4.69) is 10.2 Å². The number of likely N-dealkylation sites (tertiary alicyclic amines) is 1. The highest BCUT2D eigenvalue weighted by Crippen LogP contribution is 2.51. The van der Waals surface area contributed by atoms with Gasteiger partial charge >= 0.3 is 0 Å². The maximum absolute atomic E-state index is 13.6. The Balaban J connectivity index is 1.46. The number of nitrogens with one attached hydrogen (secondary N) is 1. The Bertz CT molecular complexity index is 1110. The van der Waals surface area contributed by atoms with Crippen LogP contribution in [0.1, 0.15) is 49.7 Å². The summed E-state index contributed by atoms with van der Waals surface area (Å²) in [6, 6.07) is 9.69. The minimum absolute atomic E-state index is 0.000221. The van der Waals surface area contributed by atoms with Crippen LogP contribution >= 0.6 is 46.4 Å². The van der Waals surface area contributed by atoms with E-state index in [0.29, 0.717) is 58.2 Å². The standard InChI is InChI=1S/C28H32Cl4N2O3/c29-20-2-3-23(24(32)17-20)28(7-8-28)27(37)33-25(15-19-13-21(30)16-22(31)14-19)26(36)4-1-18-5-9-34(10-6-18)11-12-35/h2-3,13-14,16-18,25,35H,1,4-12,15H2,(H,33,37)/t25-/m0/s1. The first kappa shape index (κ1) is 28.7. The van der Waals surface area contributed by atoms with Crippen molar-refractivity contribution in [2.75, 3.05) is 26.2 Å². The van der Waals surface area contributed by atoms with Crippen LogP contribution in [0.25, 0.3) is 0 Å². The van der Waals surface area contributed by atoms with Gasteiger partial charge in [-0.2, -0.15) is 0 Å². The molecule has 2 aromatic carbocycles. The zero-order chi connectivity index (χ0) is 26.6. The number of amides is 1. The van der Waals surface area contributed by atoms with Crippen LogP contribution in [0.4, 0.5) is 0 Å². The average Bonchev–Trinajstić information content (AvgIpc) is 3.64. The van der Waals surface area contributed by atoms with Crippen molar-refractivity contribution in [3.63, 3.8) is 0 Å². The van der Waals surface area contributed by atoms with Gasteiger partial charge in [0.1, 0.15) is 0 Å². The van der Waals surface area contributed by atoms with Crippen LogP contribution in [0.2, 0.25) is 20.1 Å². The number of ketones is 1. The molecule has 0 aromatic heterocycles. The lowest BCUT2D eigenvalue weighted by molar-refractivity contribution is -0.129. The van der Waals surface area contributed by atoms with Crippen molar-refractivity contribution in [3.8, 4) is 0 Å². The molecule has 0 radical (unpaired) electrons. The number of benzene rings is 2. The Hall–Kier alpha value is -1.34. The normalized spacial score (nSPS) is 18.4. The summed E-state index contributed by atoms with van der Waals surface area (Å²) in [5.41, 5.74) is 0.789. The van der Waals surface area contributed by atoms with E-state index in [1.165, 1.54) is 0 Å². The summed E-state index contributed by atoms with van der Waals surface area (Å²) in [4.78, 5) is 29.3. The Morgan fingerprint density at radius 3 is 2.27 bits per heavy atom. The number of β-amino-alcohol motifs (C(OH)–C–C–N with tert-alkyl or cyclic N) is 1. The number of Topliss-reactive ketones (excluding diaryl/α,β-unsaturated/α-hetero) is 1. The number of aliphatic hydroxyl groups excluding tert-OH is 1. The van der Waals surface area contributed by atoms with Crippen LogP contribution in [0.15, 0.2) is 36.4 Å². The van der Waals surface area contributed by atoms with Crippen molar-refractivity contribution >= 4 is 58.1 Å². The number of piperidine rings is 1. The molecule has 4 rings (SSSR count). The summed E-state index contributed by atoms with van der Waals surface area (Å²) in [5, 5.41) is 14.2. The number of halogens is 4. The van der Waals surface area contributed by atoms with Gasteiger partial charge in [0.2, 0.25) is 5.91 Å². The maximum atomic E-state index is 13.6. The molecule has 2 N–H and O–H groups in total. The molecule has 1 aliphatic heterocycles. The van der Waals surface area contributed by atoms with E-state index >= 15 is 0 Å². The Kier molecular flexibility index (Phi) is 9.82. The van der Waals surface area contributed by atoms with Gasteiger partial charge in [0.25, 0.3) is 0 Å². The Morgan fingerprint density at radius 1 is 1.00 bits per heavy atom. The number of hydrogen-bond acceptors (Lipinski definition) is 4. The predicted molar refractivity (Wildman–Crippen MR) is 150 cm³/mol. The summed E-state index contributed by atoms with van der Waals surface area (Å²) in [5.74, 6) is 0.263. The van der Waals surface area contributed by atoms with Crippen LogP contribution in [-0.4, -0.2) is 54.0 Å². The van der Waals surface area contributed by atoms with Crippen LogP contribution in [0, 0.1) is 5.92 Å². The Labute approximate surface area is 238 Å². The maximum Gasteiger partial charge on any atom is 0.231 e. The monoisotopic (exact) mass is 584 g/mol. The van der Waals surface area contributed by atoms with E-state index in [-0.39, 0.29) is 18.3 Å². The van der Waals surface area contributed by atoms with Crippen LogP contribution < -0.4 is 5.32 Å². The highest BCUT2D eigenvalue weighted by atomic mass is 35.5. The first-order valence-corrected chi connectivity index (χ1v) is 14.3. The van der Waals surface area contributed by atoms with Crippen LogP contribution in [-0.2, 0) is 21.4 Å². The van der Waals surface area contributed by atoms with E-state index in [9.17, 15) is 9.59 Å². The fourth-order valence-corrected chi connectivity index (χ4v) is 6.45. The average molecular weight is 586 g/mol. The third-order valence-corrected chi connectivity index (χ3v) is 8.59. The molecule has 1 atom stereocenters. The molecule has 1 amide bonds. The lowest BCUT2D eigenvalue weighted by atomic mass is 9.89. The topological polar surface area (TPSA) is 69.6 Å². The van der Waals surface area contributed by atoms with Crippen molar-refractivity contribution in [3.05, 3.63) is 67.6 Å². The molecule has 1 saturated carbocycles. The van der Waals surface area contributed by atoms with Gasteiger partial charge in [0, 0.05) is 33.1 Å². The molecule has 0 bridgehead atoms. The highest BCUT2D eigenvalue weighted by Gasteiger charge is 2.53. The SMILES string of the molecule is O=C(CCC1CCN(CCO)CC1)[C@H](Cc1cc(Cl)cc(Cl)c1)NC(=O)C1(c2ccc(Cl)cc2Cl)CC1.